The highest BCUT2D eigenvalue weighted by Gasteiger charge is 2.30. The maximum atomic E-state index is 12.0. The van der Waals surface area contributed by atoms with E-state index in [2.05, 4.69) is 9.89 Å². The van der Waals surface area contributed by atoms with Crippen molar-refractivity contribution in [1.82, 2.24) is 5.16 Å². The van der Waals surface area contributed by atoms with Gasteiger partial charge in [0.1, 0.15) is 17.1 Å². The third kappa shape index (κ3) is 3.53. The van der Waals surface area contributed by atoms with Crippen molar-refractivity contribution in [1.29, 1.82) is 0 Å². The normalized spacial score (nSPS) is 12.0. The summed E-state index contributed by atoms with van der Waals surface area (Å²) in [5.41, 5.74) is 7.29. The minimum atomic E-state index is -4.69. The lowest BCUT2D eigenvalue weighted by molar-refractivity contribution is -0.274. The first-order chi connectivity index (χ1) is 9.35. The molecule has 1 heterocycles. The summed E-state index contributed by atoms with van der Waals surface area (Å²) in [5.74, 6) is 0.241. The number of hydrogen-bond donors (Lipinski definition) is 1. The zero-order valence-corrected chi connectivity index (χ0v) is 10.4. The summed E-state index contributed by atoms with van der Waals surface area (Å²) in [4.78, 5) is 0. The first-order valence-electron chi connectivity index (χ1n) is 5.61. The molecule has 0 radical (unpaired) electrons. The Morgan fingerprint density at radius 2 is 1.85 bits per heavy atom. The summed E-state index contributed by atoms with van der Waals surface area (Å²) < 4.78 is 44.6. The molecule has 0 amide bonds. The number of aromatic nitrogens is 1. The van der Waals surface area contributed by atoms with Gasteiger partial charge >= 0.3 is 6.36 Å². The number of halogens is 3. The Kier molecular flexibility index (Phi) is 3.69. The number of ether oxygens (including phenoxy) is 1. The molecule has 0 saturated heterocycles. The fraction of sp³-hybridized carbons (Fsp3) is 0.154. The van der Waals surface area contributed by atoms with Gasteiger partial charge in [-0.1, -0.05) is 23.4 Å². The summed E-state index contributed by atoms with van der Waals surface area (Å²) in [6.45, 7) is 1.68. The monoisotopic (exact) mass is 284 g/mol. The SMILES string of the molecule is Cc1onc(/C=C/c2ccc(OC(F)(F)F)cc2)c1N. The quantitative estimate of drug-likeness (QED) is 0.934. The molecular weight excluding hydrogens is 273 g/mol. The molecule has 2 rings (SSSR count). The number of hydrogen-bond acceptors (Lipinski definition) is 4. The van der Waals surface area contributed by atoms with Crippen LogP contribution in [-0.2, 0) is 0 Å². The fourth-order valence-electron chi connectivity index (χ4n) is 1.47. The number of benzene rings is 1. The topological polar surface area (TPSA) is 61.3 Å². The van der Waals surface area contributed by atoms with Gasteiger partial charge in [-0.15, -0.1) is 13.2 Å². The van der Waals surface area contributed by atoms with Crippen LogP contribution in [0.15, 0.2) is 28.8 Å². The molecule has 1 aromatic heterocycles. The molecule has 7 heteroatoms. The van der Waals surface area contributed by atoms with E-state index in [1.54, 1.807) is 19.1 Å². The lowest BCUT2D eigenvalue weighted by atomic mass is 10.2. The van der Waals surface area contributed by atoms with E-state index in [1.807, 2.05) is 0 Å². The standard InChI is InChI=1S/C13H11F3N2O2/c1-8-12(17)11(18-20-8)7-4-9-2-5-10(6-3-9)19-13(14,15)16/h2-7H,17H2,1H3/b7-4+. The van der Waals surface area contributed by atoms with Gasteiger partial charge in [0.25, 0.3) is 0 Å². The van der Waals surface area contributed by atoms with Gasteiger partial charge in [0.15, 0.2) is 5.76 Å². The molecule has 0 aliphatic heterocycles. The molecule has 0 unspecified atom stereocenters. The Labute approximate surface area is 112 Å². The van der Waals surface area contributed by atoms with Crippen molar-refractivity contribution >= 4 is 17.8 Å². The molecule has 4 nitrogen and oxygen atoms in total. The van der Waals surface area contributed by atoms with Crippen molar-refractivity contribution in [3.63, 3.8) is 0 Å². The zero-order chi connectivity index (χ0) is 14.8. The van der Waals surface area contributed by atoms with Crippen molar-refractivity contribution in [2.24, 2.45) is 0 Å². The molecule has 0 saturated carbocycles. The van der Waals surface area contributed by atoms with Crippen molar-refractivity contribution in [2.45, 2.75) is 13.3 Å². The molecule has 2 aromatic rings. The largest absolute Gasteiger partial charge is 0.573 e. The summed E-state index contributed by atoms with van der Waals surface area (Å²) in [6, 6.07) is 5.43. The lowest BCUT2D eigenvalue weighted by Gasteiger charge is -2.08. The van der Waals surface area contributed by atoms with E-state index in [4.69, 9.17) is 10.3 Å². The minimum absolute atomic E-state index is 0.272. The molecule has 1 aromatic carbocycles. The van der Waals surface area contributed by atoms with Crippen LogP contribution >= 0.6 is 0 Å². The summed E-state index contributed by atoms with van der Waals surface area (Å²) in [5, 5.41) is 3.74. The van der Waals surface area contributed by atoms with Crippen LogP contribution < -0.4 is 10.5 Å². The Balaban J connectivity index is 2.09. The van der Waals surface area contributed by atoms with E-state index >= 15 is 0 Å². The van der Waals surface area contributed by atoms with E-state index < -0.39 is 6.36 Å². The van der Waals surface area contributed by atoms with Gasteiger partial charge in [0.2, 0.25) is 0 Å². The molecule has 0 atom stereocenters. The predicted octanol–water partition coefficient (Wildman–Crippen LogP) is 3.63. The Bertz CT molecular complexity index is 616. The Morgan fingerprint density at radius 1 is 1.20 bits per heavy atom. The fourth-order valence-corrected chi connectivity index (χ4v) is 1.47. The third-order valence-electron chi connectivity index (χ3n) is 2.48. The smallest absolute Gasteiger partial charge is 0.406 e. The maximum absolute atomic E-state index is 12.0. The first kappa shape index (κ1) is 14.0. The Hall–Kier alpha value is -2.44. The summed E-state index contributed by atoms with van der Waals surface area (Å²) in [7, 11) is 0. The van der Waals surface area contributed by atoms with Crippen LogP contribution in [0.1, 0.15) is 17.0 Å². The Morgan fingerprint density at radius 3 is 2.35 bits per heavy atom. The second-order valence-corrected chi connectivity index (χ2v) is 3.99. The van der Waals surface area contributed by atoms with Gasteiger partial charge in [-0.25, -0.2) is 0 Å². The van der Waals surface area contributed by atoms with Crippen LogP contribution in [0.4, 0.5) is 18.9 Å². The van der Waals surface area contributed by atoms with Crippen molar-refractivity contribution in [3.8, 4) is 5.75 Å². The molecule has 106 valence electrons. The van der Waals surface area contributed by atoms with Crippen molar-refractivity contribution in [3.05, 3.63) is 41.3 Å². The van der Waals surface area contributed by atoms with Crippen LogP contribution in [0.2, 0.25) is 0 Å². The number of rotatable bonds is 3. The number of nitrogens with two attached hydrogens (primary N) is 1. The van der Waals surface area contributed by atoms with Gasteiger partial charge < -0.3 is 15.0 Å². The van der Waals surface area contributed by atoms with Crippen molar-refractivity contribution < 1.29 is 22.4 Å². The van der Waals surface area contributed by atoms with Gasteiger partial charge in [-0.3, -0.25) is 0 Å². The average molecular weight is 284 g/mol. The average Bonchev–Trinajstić information content (AvgIpc) is 2.68. The van der Waals surface area contributed by atoms with Gasteiger partial charge in [0.05, 0.1) is 0 Å². The molecule has 20 heavy (non-hydrogen) atoms. The number of nitrogen functional groups attached to an aromatic ring is 1. The lowest BCUT2D eigenvalue weighted by Crippen LogP contribution is -2.16. The molecule has 0 bridgehead atoms. The first-order valence-corrected chi connectivity index (χ1v) is 5.61. The predicted molar refractivity (Wildman–Crippen MR) is 67.7 cm³/mol. The van der Waals surface area contributed by atoms with Gasteiger partial charge in [0, 0.05) is 0 Å². The zero-order valence-electron chi connectivity index (χ0n) is 10.4. The van der Waals surface area contributed by atoms with Crippen LogP contribution in [0.25, 0.3) is 12.2 Å². The maximum Gasteiger partial charge on any atom is 0.573 e. The molecule has 0 fully saturated rings. The van der Waals surface area contributed by atoms with Crippen LogP contribution in [0, 0.1) is 6.92 Å². The molecule has 0 aliphatic rings. The van der Waals surface area contributed by atoms with Crippen molar-refractivity contribution in [2.75, 3.05) is 5.73 Å². The minimum Gasteiger partial charge on any atom is -0.406 e. The summed E-state index contributed by atoms with van der Waals surface area (Å²) >= 11 is 0. The molecule has 2 N–H and O–H groups in total. The van der Waals surface area contributed by atoms with E-state index in [1.165, 1.54) is 24.3 Å². The molecule has 0 spiro atoms. The third-order valence-corrected chi connectivity index (χ3v) is 2.48. The number of anilines is 1. The summed E-state index contributed by atoms with van der Waals surface area (Å²) in [6.07, 6.45) is -1.42. The van der Waals surface area contributed by atoms with Crippen LogP contribution in [0.3, 0.4) is 0 Å². The molecular formula is C13H11F3N2O2. The highest BCUT2D eigenvalue weighted by atomic mass is 19.4. The number of nitrogens with zero attached hydrogens (tertiary/aromatic N) is 1. The highest BCUT2D eigenvalue weighted by molar-refractivity contribution is 5.74. The second kappa shape index (κ2) is 5.28. The van der Waals surface area contributed by atoms with E-state index in [0.717, 1.165) is 0 Å². The van der Waals surface area contributed by atoms with E-state index in [0.29, 0.717) is 22.7 Å². The number of alkyl halides is 3. The number of aryl methyl sites for hydroxylation is 1. The van der Waals surface area contributed by atoms with E-state index in [-0.39, 0.29) is 5.75 Å². The molecule has 0 aliphatic carbocycles. The van der Waals surface area contributed by atoms with Gasteiger partial charge in [-0.2, -0.15) is 0 Å². The van der Waals surface area contributed by atoms with Crippen LogP contribution in [0.5, 0.6) is 5.75 Å². The highest BCUT2D eigenvalue weighted by Crippen LogP contribution is 2.23. The van der Waals surface area contributed by atoms with E-state index in [9.17, 15) is 13.2 Å². The second-order valence-electron chi connectivity index (χ2n) is 3.99. The van der Waals surface area contributed by atoms with Gasteiger partial charge in [-0.05, 0) is 30.7 Å². The van der Waals surface area contributed by atoms with Crippen LogP contribution in [-0.4, -0.2) is 11.5 Å².